The molecule has 0 radical (unpaired) electrons. The summed E-state index contributed by atoms with van der Waals surface area (Å²) >= 11 is 0. The molecule has 0 aliphatic heterocycles. The van der Waals surface area contributed by atoms with Crippen molar-refractivity contribution in [1.82, 2.24) is 0 Å². The topological polar surface area (TPSA) is 0 Å². The van der Waals surface area contributed by atoms with Gasteiger partial charge in [0.25, 0.3) is 0 Å². The van der Waals surface area contributed by atoms with Gasteiger partial charge in [0.05, 0.1) is 0 Å². The SMILES string of the molecule is C1CC23CC2CC13.CC. The molecule has 0 aromatic carbocycles. The second kappa shape index (κ2) is 1.53. The van der Waals surface area contributed by atoms with Gasteiger partial charge in [-0.2, -0.15) is 0 Å². The van der Waals surface area contributed by atoms with Crippen molar-refractivity contribution in [3.63, 3.8) is 0 Å². The van der Waals surface area contributed by atoms with E-state index in [9.17, 15) is 0 Å². The summed E-state index contributed by atoms with van der Waals surface area (Å²) in [7, 11) is 0. The average Bonchev–Trinajstić information content (AvgIpc) is 2.60. The zero-order valence-electron chi connectivity index (χ0n) is 6.48. The Bertz CT molecular complexity index is 122. The van der Waals surface area contributed by atoms with Crippen molar-refractivity contribution in [2.75, 3.05) is 0 Å². The molecule has 3 aliphatic carbocycles. The van der Waals surface area contributed by atoms with Crippen molar-refractivity contribution in [2.24, 2.45) is 17.3 Å². The summed E-state index contributed by atoms with van der Waals surface area (Å²) in [6.45, 7) is 4.00. The van der Waals surface area contributed by atoms with Crippen LogP contribution in [0.5, 0.6) is 0 Å². The Hall–Kier alpha value is 0. The summed E-state index contributed by atoms with van der Waals surface area (Å²) in [5.41, 5.74) is 1.03. The Morgan fingerprint density at radius 3 is 2.00 bits per heavy atom. The molecular weight excluding hydrogens is 108 g/mol. The fourth-order valence-corrected chi connectivity index (χ4v) is 2.78. The van der Waals surface area contributed by atoms with Gasteiger partial charge in [0.15, 0.2) is 0 Å². The van der Waals surface area contributed by atoms with Crippen LogP contribution in [0, 0.1) is 17.3 Å². The monoisotopic (exact) mass is 124 g/mol. The maximum atomic E-state index is 2.00. The Morgan fingerprint density at radius 2 is 2.00 bits per heavy atom. The Labute approximate surface area is 57.6 Å². The molecule has 9 heavy (non-hydrogen) atoms. The van der Waals surface area contributed by atoms with E-state index in [1.807, 2.05) is 13.8 Å². The largest absolute Gasteiger partial charge is 0.0683 e. The van der Waals surface area contributed by atoms with Gasteiger partial charge < -0.3 is 0 Å². The zero-order valence-corrected chi connectivity index (χ0v) is 6.48. The van der Waals surface area contributed by atoms with E-state index in [0.717, 1.165) is 5.41 Å². The first-order valence-electron chi connectivity index (χ1n) is 4.42. The van der Waals surface area contributed by atoms with Crippen LogP contribution in [0.2, 0.25) is 0 Å². The van der Waals surface area contributed by atoms with E-state index in [2.05, 4.69) is 0 Å². The molecule has 0 aromatic rings. The van der Waals surface area contributed by atoms with Crippen molar-refractivity contribution >= 4 is 0 Å². The first-order valence-corrected chi connectivity index (χ1v) is 4.42. The standard InChI is InChI=1S/C7H10.C2H6/c1-2-7-4-6(7)3-5(1)7;1-2/h5-6H,1-4H2;1-2H3. The van der Waals surface area contributed by atoms with Gasteiger partial charge in [-0.15, -0.1) is 0 Å². The van der Waals surface area contributed by atoms with Crippen LogP contribution in [0.4, 0.5) is 0 Å². The molecule has 0 aromatic heterocycles. The summed E-state index contributed by atoms with van der Waals surface area (Å²) in [6.07, 6.45) is 6.41. The minimum atomic E-state index is 1.03. The third-order valence-corrected chi connectivity index (χ3v) is 3.62. The van der Waals surface area contributed by atoms with E-state index >= 15 is 0 Å². The predicted octanol–water partition coefficient (Wildman–Crippen LogP) is 2.83. The summed E-state index contributed by atoms with van der Waals surface area (Å²) in [4.78, 5) is 0. The molecule has 0 nitrogen and oxygen atoms in total. The minimum absolute atomic E-state index is 1.03. The highest BCUT2D eigenvalue weighted by molar-refractivity contribution is 5.21. The van der Waals surface area contributed by atoms with E-state index in [4.69, 9.17) is 0 Å². The lowest BCUT2D eigenvalue weighted by Crippen LogP contribution is -2.37. The lowest BCUT2D eigenvalue weighted by Gasteiger charge is -2.46. The molecule has 3 rings (SSSR count). The molecule has 0 heteroatoms. The Kier molecular flexibility index (Phi) is 0.980. The maximum Gasteiger partial charge on any atom is -0.0238 e. The van der Waals surface area contributed by atoms with Crippen molar-refractivity contribution in [2.45, 2.75) is 39.5 Å². The minimum Gasteiger partial charge on any atom is -0.0683 e. The smallest absolute Gasteiger partial charge is 0.0238 e. The molecule has 3 fully saturated rings. The van der Waals surface area contributed by atoms with Gasteiger partial charge in [-0.05, 0) is 42.9 Å². The van der Waals surface area contributed by atoms with Crippen LogP contribution in [0.25, 0.3) is 0 Å². The predicted molar refractivity (Wildman–Crippen MR) is 39.2 cm³/mol. The molecule has 3 saturated carbocycles. The maximum absolute atomic E-state index is 2.00. The molecule has 0 saturated heterocycles. The quantitative estimate of drug-likeness (QED) is 0.466. The van der Waals surface area contributed by atoms with E-state index in [1.54, 1.807) is 25.7 Å². The van der Waals surface area contributed by atoms with Gasteiger partial charge in [0.2, 0.25) is 0 Å². The molecule has 3 atom stereocenters. The normalized spacial score (nSPS) is 56.7. The number of rotatable bonds is 0. The lowest BCUT2D eigenvalue weighted by molar-refractivity contribution is 0.0340. The molecule has 0 amide bonds. The summed E-state index contributed by atoms with van der Waals surface area (Å²) < 4.78 is 0. The highest BCUT2D eigenvalue weighted by atomic mass is 14.8. The number of hydrogen-bond donors (Lipinski definition) is 0. The van der Waals surface area contributed by atoms with Crippen LogP contribution in [0.1, 0.15) is 39.5 Å². The third-order valence-electron chi connectivity index (χ3n) is 3.62. The first kappa shape index (κ1) is 5.76. The van der Waals surface area contributed by atoms with Crippen molar-refractivity contribution in [1.29, 1.82) is 0 Å². The van der Waals surface area contributed by atoms with Gasteiger partial charge in [-0.1, -0.05) is 13.8 Å². The van der Waals surface area contributed by atoms with Gasteiger partial charge in [-0.3, -0.25) is 0 Å². The third kappa shape index (κ3) is 0.461. The van der Waals surface area contributed by atoms with Gasteiger partial charge in [-0.25, -0.2) is 0 Å². The molecule has 52 valence electrons. The van der Waals surface area contributed by atoms with E-state index < -0.39 is 0 Å². The van der Waals surface area contributed by atoms with Gasteiger partial charge in [0, 0.05) is 0 Å². The molecule has 0 N–H and O–H groups in total. The highest BCUT2D eigenvalue weighted by Gasteiger charge is 2.71. The second-order valence-corrected chi connectivity index (χ2v) is 3.61. The van der Waals surface area contributed by atoms with Crippen molar-refractivity contribution < 1.29 is 0 Å². The van der Waals surface area contributed by atoms with E-state index in [1.165, 1.54) is 11.8 Å². The second-order valence-electron chi connectivity index (χ2n) is 3.61. The summed E-state index contributed by atoms with van der Waals surface area (Å²) in [5, 5.41) is 0. The average molecular weight is 124 g/mol. The van der Waals surface area contributed by atoms with E-state index in [-0.39, 0.29) is 0 Å². The van der Waals surface area contributed by atoms with Gasteiger partial charge in [0.1, 0.15) is 0 Å². The van der Waals surface area contributed by atoms with Crippen LogP contribution in [0.15, 0.2) is 0 Å². The molecule has 3 unspecified atom stereocenters. The molecule has 1 spiro atoms. The van der Waals surface area contributed by atoms with Crippen LogP contribution in [0.3, 0.4) is 0 Å². The highest BCUT2D eigenvalue weighted by Crippen LogP contribution is 2.80. The van der Waals surface area contributed by atoms with Crippen LogP contribution < -0.4 is 0 Å². The molecular formula is C9H16. The van der Waals surface area contributed by atoms with E-state index in [0.29, 0.717) is 0 Å². The number of hydrogen-bond acceptors (Lipinski definition) is 0. The lowest BCUT2D eigenvalue weighted by atomic mass is 9.59. The van der Waals surface area contributed by atoms with Crippen LogP contribution in [-0.2, 0) is 0 Å². The zero-order chi connectivity index (χ0) is 6.48. The Morgan fingerprint density at radius 1 is 1.22 bits per heavy atom. The fourth-order valence-electron chi connectivity index (χ4n) is 2.78. The molecule has 0 bridgehead atoms. The summed E-state index contributed by atoms with van der Waals surface area (Å²) in [6, 6.07) is 0. The van der Waals surface area contributed by atoms with Gasteiger partial charge >= 0.3 is 0 Å². The molecule has 0 heterocycles. The van der Waals surface area contributed by atoms with Crippen LogP contribution in [-0.4, -0.2) is 0 Å². The van der Waals surface area contributed by atoms with Crippen molar-refractivity contribution in [3.05, 3.63) is 0 Å². The summed E-state index contributed by atoms with van der Waals surface area (Å²) in [5.74, 6) is 2.48. The fraction of sp³-hybridized carbons (Fsp3) is 1.00. The van der Waals surface area contributed by atoms with Crippen molar-refractivity contribution in [3.8, 4) is 0 Å². The molecule has 3 aliphatic rings. The van der Waals surface area contributed by atoms with Crippen LogP contribution >= 0.6 is 0 Å². The first-order chi connectivity index (χ1) is 4.42. The Balaban J connectivity index is 0.000000155.